The summed E-state index contributed by atoms with van der Waals surface area (Å²) in [5.74, 6) is -0.833. The van der Waals surface area contributed by atoms with Gasteiger partial charge in [-0.1, -0.05) is 6.42 Å². The van der Waals surface area contributed by atoms with Gasteiger partial charge in [0.25, 0.3) is 12.4 Å². The number of nitrogens with one attached hydrogen (secondary N) is 1. The van der Waals surface area contributed by atoms with Crippen molar-refractivity contribution in [2.45, 2.75) is 52.6 Å². The number of hydrogen-bond acceptors (Lipinski definition) is 4. The second-order valence-corrected chi connectivity index (χ2v) is 4.66. The van der Waals surface area contributed by atoms with Crippen LogP contribution in [0.15, 0.2) is 0 Å². The van der Waals surface area contributed by atoms with Crippen LogP contribution in [-0.2, 0) is 14.3 Å². The summed E-state index contributed by atoms with van der Waals surface area (Å²) in [5, 5.41) is 10.7. The Labute approximate surface area is 104 Å². The maximum absolute atomic E-state index is 9.60. The molecule has 0 aromatic carbocycles. The zero-order valence-corrected chi connectivity index (χ0v) is 11.3. The number of aliphatic carboxylic acids is 1. The van der Waals surface area contributed by atoms with Crippen LogP contribution in [0.2, 0.25) is 0 Å². The fraction of sp³-hybridized carbons (Fsp3) is 0.833. The number of piperidine rings is 1. The average molecular weight is 247 g/mol. The number of hydrogen-bond donors (Lipinski definition) is 2. The summed E-state index contributed by atoms with van der Waals surface area (Å²) in [4.78, 5) is 18.6. The van der Waals surface area contributed by atoms with Gasteiger partial charge in [-0.15, -0.1) is 0 Å². The van der Waals surface area contributed by atoms with Gasteiger partial charge in [-0.25, -0.2) is 0 Å². The van der Waals surface area contributed by atoms with Crippen LogP contribution < -0.4 is 5.32 Å². The molecule has 0 amide bonds. The van der Waals surface area contributed by atoms with E-state index in [1.807, 2.05) is 20.8 Å². The van der Waals surface area contributed by atoms with Crippen LogP contribution in [0.3, 0.4) is 0 Å². The quantitative estimate of drug-likeness (QED) is 0.691. The molecule has 1 saturated heterocycles. The van der Waals surface area contributed by atoms with Crippen LogP contribution in [0.5, 0.6) is 0 Å². The highest BCUT2D eigenvalue weighted by atomic mass is 16.5. The monoisotopic (exact) mass is 247 g/mol. The first kappa shape index (κ1) is 18.3. The Morgan fingerprint density at radius 3 is 1.71 bits per heavy atom. The number of carbonyl (C=O) groups is 2. The molecule has 5 nitrogen and oxygen atoms in total. The summed E-state index contributed by atoms with van der Waals surface area (Å²) in [7, 11) is 0. The lowest BCUT2D eigenvalue weighted by Gasteiger charge is -2.14. The molecule has 0 aliphatic carbocycles. The van der Waals surface area contributed by atoms with E-state index in [4.69, 9.17) is 9.90 Å². The summed E-state index contributed by atoms with van der Waals surface area (Å²) in [5.41, 5.74) is -0.318. The Morgan fingerprint density at radius 1 is 1.24 bits per heavy atom. The van der Waals surface area contributed by atoms with E-state index < -0.39 is 5.97 Å². The maximum Gasteiger partial charge on any atom is 0.300 e. The van der Waals surface area contributed by atoms with Gasteiger partial charge in [0.2, 0.25) is 0 Å². The molecule has 0 radical (unpaired) electrons. The Bertz CT molecular complexity index is 180. The van der Waals surface area contributed by atoms with Crippen molar-refractivity contribution >= 4 is 12.4 Å². The maximum atomic E-state index is 9.60. The topological polar surface area (TPSA) is 75.6 Å². The molecule has 0 unspecified atom stereocenters. The van der Waals surface area contributed by atoms with Crippen molar-refractivity contribution in [1.29, 1.82) is 0 Å². The summed E-state index contributed by atoms with van der Waals surface area (Å²) >= 11 is 0. The van der Waals surface area contributed by atoms with E-state index >= 15 is 0 Å². The summed E-state index contributed by atoms with van der Waals surface area (Å²) in [6.07, 6.45) is 4.22. The molecular weight excluding hydrogens is 222 g/mol. The van der Waals surface area contributed by atoms with E-state index in [0.29, 0.717) is 6.47 Å². The molecular formula is C12H25NO4. The van der Waals surface area contributed by atoms with Crippen molar-refractivity contribution in [3.05, 3.63) is 0 Å². The molecule has 0 aromatic rings. The first-order chi connectivity index (χ1) is 7.79. The van der Waals surface area contributed by atoms with Crippen LogP contribution >= 0.6 is 0 Å². The molecule has 0 spiro atoms. The van der Waals surface area contributed by atoms with E-state index in [2.05, 4.69) is 10.1 Å². The molecule has 0 bridgehead atoms. The lowest BCUT2D eigenvalue weighted by molar-refractivity contribution is -0.138. The van der Waals surface area contributed by atoms with Crippen LogP contribution in [0.1, 0.15) is 47.0 Å². The minimum atomic E-state index is -0.833. The summed E-state index contributed by atoms with van der Waals surface area (Å²) < 4.78 is 4.55. The van der Waals surface area contributed by atoms with Gasteiger partial charge in [-0.3, -0.25) is 9.59 Å². The number of carbonyl (C=O) groups excluding carboxylic acids is 1. The van der Waals surface area contributed by atoms with Crippen LogP contribution in [-0.4, -0.2) is 36.2 Å². The molecule has 102 valence electrons. The molecule has 1 fully saturated rings. The third kappa shape index (κ3) is 31.3. The fourth-order valence-electron chi connectivity index (χ4n) is 0.946. The van der Waals surface area contributed by atoms with Gasteiger partial charge in [0.1, 0.15) is 5.60 Å². The molecule has 17 heavy (non-hydrogen) atoms. The van der Waals surface area contributed by atoms with Gasteiger partial charge in [0.15, 0.2) is 0 Å². The Hall–Kier alpha value is -1.10. The highest BCUT2D eigenvalue weighted by Gasteiger charge is 2.07. The van der Waals surface area contributed by atoms with E-state index in [1.165, 1.54) is 32.4 Å². The van der Waals surface area contributed by atoms with Gasteiger partial charge < -0.3 is 15.2 Å². The molecule has 1 rings (SSSR count). The van der Waals surface area contributed by atoms with E-state index in [-0.39, 0.29) is 5.60 Å². The minimum absolute atomic E-state index is 0.318. The molecule has 1 aliphatic heterocycles. The molecule has 0 aromatic heterocycles. The Balaban J connectivity index is 0. The predicted octanol–water partition coefficient (Wildman–Crippen LogP) is 1.81. The van der Waals surface area contributed by atoms with Crippen LogP contribution in [0.25, 0.3) is 0 Å². The number of carboxylic acid groups (broad SMARTS) is 1. The van der Waals surface area contributed by atoms with Gasteiger partial charge in [0.05, 0.1) is 0 Å². The molecule has 2 N–H and O–H groups in total. The van der Waals surface area contributed by atoms with Crippen molar-refractivity contribution in [1.82, 2.24) is 5.32 Å². The molecule has 5 heteroatoms. The van der Waals surface area contributed by atoms with Crippen molar-refractivity contribution in [3.8, 4) is 0 Å². The highest BCUT2D eigenvalue weighted by Crippen LogP contribution is 2.02. The Kier molecular flexibility index (Phi) is 12.2. The van der Waals surface area contributed by atoms with E-state index in [0.717, 1.165) is 6.92 Å². The standard InChI is InChI=1S/C5H11N.C5H10O2.C2H4O2/c1-2-4-6-5-3-1;1-5(2,3)7-4-6;1-2(3)4/h6H,1-5H2;4H,1-3H3;1H3,(H,3,4). The molecule has 1 aliphatic rings. The van der Waals surface area contributed by atoms with Crippen molar-refractivity contribution in [2.75, 3.05) is 13.1 Å². The molecule has 0 atom stereocenters. The smallest absolute Gasteiger partial charge is 0.300 e. The normalized spacial score (nSPS) is 14.4. The lowest BCUT2D eigenvalue weighted by Crippen LogP contribution is -2.21. The zero-order chi connectivity index (χ0) is 13.7. The Morgan fingerprint density at radius 2 is 1.65 bits per heavy atom. The number of ether oxygens (including phenoxy) is 1. The third-order valence-electron chi connectivity index (χ3n) is 1.61. The summed E-state index contributed by atoms with van der Waals surface area (Å²) in [6.45, 7) is 9.50. The van der Waals surface area contributed by atoms with Crippen LogP contribution in [0.4, 0.5) is 0 Å². The lowest BCUT2D eigenvalue weighted by atomic mass is 10.2. The van der Waals surface area contributed by atoms with Gasteiger partial charge in [-0.2, -0.15) is 0 Å². The van der Waals surface area contributed by atoms with Gasteiger partial charge in [-0.05, 0) is 46.7 Å². The van der Waals surface area contributed by atoms with Crippen molar-refractivity contribution in [2.24, 2.45) is 0 Å². The van der Waals surface area contributed by atoms with E-state index in [9.17, 15) is 4.79 Å². The fourth-order valence-corrected chi connectivity index (χ4v) is 0.946. The number of rotatable bonds is 1. The first-order valence-corrected chi connectivity index (χ1v) is 5.81. The number of carboxylic acids is 1. The van der Waals surface area contributed by atoms with Crippen molar-refractivity contribution in [3.63, 3.8) is 0 Å². The largest absolute Gasteiger partial charge is 0.481 e. The molecule has 1 heterocycles. The average Bonchev–Trinajstić information content (AvgIpc) is 2.18. The van der Waals surface area contributed by atoms with Crippen LogP contribution in [0, 0.1) is 0 Å². The molecule has 0 saturated carbocycles. The van der Waals surface area contributed by atoms with E-state index in [1.54, 1.807) is 0 Å². The zero-order valence-electron chi connectivity index (χ0n) is 11.3. The third-order valence-corrected chi connectivity index (χ3v) is 1.61. The predicted molar refractivity (Wildman–Crippen MR) is 66.9 cm³/mol. The SMILES string of the molecule is C1CCNCC1.CC(=O)O.CC(C)(C)OC=O. The van der Waals surface area contributed by atoms with Gasteiger partial charge in [0, 0.05) is 6.92 Å². The second-order valence-electron chi connectivity index (χ2n) is 4.66. The second kappa shape index (κ2) is 11.4. The first-order valence-electron chi connectivity index (χ1n) is 5.81. The van der Waals surface area contributed by atoms with Gasteiger partial charge >= 0.3 is 0 Å². The van der Waals surface area contributed by atoms with Crippen molar-refractivity contribution < 1.29 is 19.4 Å². The summed E-state index contributed by atoms with van der Waals surface area (Å²) in [6, 6.07) is 0. The minimum Gasteiger partial charge on any atom is -0.481 e. The highest BCUT2D eigenvalue weighted by molar-refractivity contribution is 5.62.